The number of carbonyl (C=O) groups is 1. The third-order valence-corrected chi connectivity index (χ3v) is 3.35. The first kappa shape index (κ1) is 23.6. The zero-order valence-electron chi connectivity index (χ0n) is 14.9. The molecule has 0 radical (unpaired) electrons. The molecule has 0 saturated heterocycles. The average Bonchev–Trinajstić information content (AvgIpc) is 2.45. The summed E-state index contributed by atoms with van der Waals surface area (Å²) in [6.45, 7) is 4.32. The van der Waals surface area contributed by atoms with Gasteiger partial charge in [-0.25, -0.2) is 0 Å². The van der Waals surface area contributed by atoms with E-state index in [0.29, 0.717) is 0 Å². The van der Waals surface area contributed by atoms with Crippen LogP contribution < -0.4 is 24.0 Å². The first-order chi connectivity index (χ1) is 10.2. The van der Waals surface area contributed by atoms with Crippen LogP contribution in [0.5, 0.6) is 0 Å². The summed E-state index contributed by atoms with van der Waals surface area (Å²) >= 11 is 0. The average molecular weight is 301 g/mol. The Labute approximate surface area is 149 Å². The van der Waals surface area contributed by atoms with Gasteiger partial charge in [0, 0.05) is 0 Å². The van der Waals surface area contributed by atoms with Gasteiger partial charge in [-0.15, -0.1) is 0 Å². The molecule has 0 spiro atoms. The van der Waals surface area contributed by atoms with Gasteiger partial charge >= 0.3 is 18.9 Å². The molecule has 22 heavy (non-hydrogen) atoms. The second-order valence-electron chi connectivity index (χ2n) is 5.51. The van der Waals surface area contributed by atoms with Crippen molar-refractivity contribution in [1.82, 2.24) is 4.90 Å². The molecular formula is C18H32LiNO2. The largest absolute Gasteiger partial charge is 1.00 e. The molecule has 0 aliphatic carbocycles. The Morgan fingerprint density at radius 3 is 1.68 bits per heavy atom. The molecule has 0 aromatic rings. The molecular weight excluding hydrogens is 269 g/mol. The Hall–Kier alpha value is -0.653. The Bertz CT molecular complexity index is 281. The summed E-state index contributed by atoms with van der Waals surface area (Å²) in [5, 5.41) is 10.7. The molecule has 0 aliphatic heterocycles. The summed E-state index contributed by atoms with van der Waals surface area (Å²) < 4.78 is 0. The monoisotopic (exact) mass is 301 g/mol. The third kappa shape index (κ3) is 17.4. The van der Waals surface area contributed by atoms with Gasteiger partial charge in [0.25, 0.3) is 0 Å². The summed E-state index contributed by atoms with van der Waals surface area (Å²) in [6, 6.07) is 0. The van der Waals surface area contributed by atoms with Crippen molar-refractivity contribution in [2.45, 2.75) is 78.1 Å². The fraction of sp³-hybridized carbons (Fsp3) is 0.722. The van der Waals surface area contributed by atoms with E-state index in [1.807, 2.05) is 12.4 Å². The number of aliphatic carboxylic acids is 1. The molecule has 122 valence electrons. The Morgan fingerprint density at radius 2 is 1.32 bits per heavy atom. The second-order valence-corrected chi connectivity index (χ2v) is 5.51. The van der Waals surface area contributed by atoms with Gasteiger partial charge in [-0.05, 0) is 38.1 Å². The predicted octanol–water partition coefficient (Wildman–Crippen LogP) is 1.01. The van der Waals surface area contributed by atoms with Crippen LogP contribution in [0.2, 0.25) is 0 Å². The molecule has 0 bridgehead atoms. The number of hydrogen-bond donors (Lipinski definition) is 0. The zero-order valence-corrected chi connectivity index (χ0v) is 14.9. The normalized spacial score (nSPS) is 11.0. The molecule has 0 rings (SSSR count). The molecule has 0 unspecified atom stereocenters. The summed E-state index contributed by atoms with van der Waals surface area (Å²) in [7, 11) is 0. The van der Waals surface area contributed by atoms with E-state index in [2.05, 4.69) is 26.0 Å². The standard InChI is InChI=1S/C18H33NO2.Li/c1-3-5-7-9-11-13-15-19(17-18(20)21)16-14-12-10-8-6-4-2;/h13-16H,3-12,17H2,1-2H3,(H,20,21);/q;+1/p-1/b15-13+,16-14+;. The van der Waals surface area contributed by atoms with Crippen LogP contribution in [0.1, 0.15) is 78.1 Å². The summed E-state index contributed by atoms with van der Waals surface area (Å²) in [5.74, 6) is -1.04. The van der Waals surface area contributed by atoms with Crippen molar-refractivity contribution in [2.75, 3.05) is 6.54 Å². The van der Waals surface area contributed by atoms with Crippen LogP contribution in [0.4, 0.5) is 0 Å². The fourth-order valence-corrected chi connectivity index (χ4v) is 2.10. The summed E-state index contributed by atoms with van der Waals surface area (Å²) in [5.41, 5.74) is 0. The molecule has 0 aliphatic rings. The summed E-state index contributed by atoms with van der Waals surface area (Å²) in [6.07, 6.45) is 19.7. The van der Waals surface area contributed by atoms with E-state index in [1.165, 1.54) is 51.4 Å². The van der Waals surface area contributed by atoms with Crippen molar-refractivity contribution >= 4 is 5.97 Å². The number of hydrogen-bond acceptors (Lipinski definition) is 3. The van der Waals surface area contributed by atoms with E-state index in [-0.39, 0.29) is 25.4 Å². The van der Waals surface area contributed by atoms with E-state index in [0.717, 1.165) is 12.8 Å². The number of carboxylic acid groups (broad SMARTS) is 1. The van der Waals surface area contributed by atoms with Gasteiger partial charge in [0.15, 0.2) is 0 Å². The Kier molecular flexibility index (Phi) is 19.7. The molecule has 0 heterocycles. The predicted molar refractivity (Wildman–Crippen MR) is 87.5 cm³/mol. The maximum atomic E-state index is 10.7. The van der Waals surface area contributed by atoms with Gasteiger partial charge in [-0.1, -0.05) is 64.5 Å². The first-order valence-electron chi connectivity index (χ1n) is 8.49. The van der Waals surface area contributed by atoms with Crippen LogP contribution >= 0.6 is 0 Å². The molecule has 0 atom stereocenters. The first-order valence-corrected chi connectivity index (χ1v) is 8.49. The minimum absolute atomic E-state index is 0. The number of unbranched alkanes of at least 4 members (excludes halogenated alkanes) is 8. The van der Waals surface area contributed by atoms with Crippen molar-refractivity contribution in [3.05, 3.63) is 24.6 Å². The van der Waals surface area contributed by atoms with Crippen LogP contribution in [0.25, 0.3) is 0 Å². The molecule has 0 N–H and O–H groups in total. The smallest absolute Gasteiger partial charge is 0.548 e. The van der Waals surface area contributed by atoms with Crippen LogP contribution in [-0.4, -0.2) is 17.4 Å². The van der Waals surface area contributed by atoms with Crippen LogP contribution in [0.15, 0.2) is 24.6 Å². The van der Waals surface area contributed by atoms with Gasteiger partial charge in [0.05, 0.1) is 12.5 Å². The van der Waals surface area contributed by atoms with Crippen molar-refractivity contribution in [3.63, 3.8) is 0 Å². The minimum atomic E-state index is -1.04. The van der Waals surface area contributed by atoms with E-state index < -0.39 is 5.97 Å². The van der Waals surface area contributed by atoms with Crippen LogP contribution in [0.3, 0.4) is 0 Å². The molecule has 3 nitrogen and oxygen atoms in total. The van der Waals surface area contributed by atoms with E-state index in [9.17, 15) is 9.90 Å². The second kappa shape index (κ2) is 18.4. The SMILES string of the molecule is CCCCCC/C=C/N(/C=C/CCCCCC)CC(=O)[O-].[Li+]. The van der Waals surface area contributed by atoms with Crippen LogP contribution in [0, 0.1) is 0 Å². The van der Waals surface area contributed by atoms with Crippen molar-refractivity contribution in [3.8, 4) is 0 Å². The van der Waals surface area contributed by atoms with Gasteiger partial charge in [0.2, 0.25) is 0 Å². The topological polar surface area (TPSA) is 43.4 Å². The van der Waals surface area contributed by atoms with Crippen molar-refractivity contribution in [1.29, 1.82) is 0 Å². The minimum Gasteiger partial charge on any atom is -0.548 e. The van der Waals surface area contributed by atoms with E-state index in [4.69, 9.17) is 0 Å². The molecule has 0 amide bonds. The number of allylic oxidation sites excluding steroid dienone is 2. The number of rotatable bonds is 14. The molecule has 0 aromatic carbocycles. The third-order valence-electron chi connectivity index (χ3n) is 3.35. The number of nitrogens with zero attached hydrogens (tertiary/aromatic N) is 1. The molecule has 0 aromatic heterocycles. The zero-order chi connectivity index (χ0) is 15.8. The quantitative estimate of drug-likeness (QED) is 0.355. The van der Waals surface area contributed by atoms with Gasteiger partial charge in [0.1, 0.15) is 0 Å². The Morgan fingerprint density at radius 1 is 0.864 bits per heavy atom. The van der Waals surface area contributed by atoms with E-state index in [1.54, 1.807) is 4.90 Å². The summed E-state index contributed by atoms with van der Waals surface area (Å²) in [4.78, 5) is 12.4. The number of carboxylic acids is 1. The molecule has 0 fully saturated rings. The van der Waals surface area contributed by atoms with Crippen LogP contribution in [-0.2, 0) is 4.79 Å². The van der Waals surface area contributed by atoms with Crippen molar-refractivity contribution in [2.24, 2.45) is 0 Å². The van der Waals surface area contributed by atoms with Gasteiger partial charge < -0.3 is 14.8 Å². The van der Waals surface area contributed by atoms with Crippen molar-refractivity contribution < 1.29 is 28.8 Å². The van der Waals surface area contributed by atoms with Gasteiger partial charge in [-0.2, -0.15) is 0 Å². The maximum absolute atomic E-state index is 10.7. The Balaban J connectivity index is 0. The number of carbonyl (C=O) groups excluding carboxylic acids is 1. The molecule has 0 saturated carbocycles. The maximum Gasteiger partial charge on any atom is 1.00 e. The van der Waals surface area contributed by atoms with Gasteiger partial charge in [-0.3, -0.25) is 0 Å². The fourth-order valence-electron chi connectivity index (χ4n) is 2.10. The van der Waals surface area contributed by atoms with E-state index >= 15 is 0 Å². The molecule has 4 heteroatoms.